The van der Waals surface area contributed by atoms with Crippen molar-refractivity contribution in [1.29, 1.82) is 0 Å². The zero-order valence-electron chi connectivity index (χ0n) is 13.8. The van der Waals surface area contributed by atoms with Gasteiger partial charge in [0.2, 0.25) is 0 Å². The minimum Gasteiger partial charge on any atom is -0.506 e. The number of carbonyl (C=O) groups excluding carboxylic acids is 1. The molecule has 0 bridgehead atoms. The highest BCUT2D eigenvalue weighted by molar-refractivity contribution is 6.05. The van der Waals surface area contributed by atoms with Gasteiger partial charge in [0.1, 0.15) is 5.75 Å². The number of rotatable bonds is 4. The van der Waals surface area contributed by atoms with Gasteiger partial charge in [-0.15, -0.1) is 0 Å². The zero-order chi connectivity index (χ0) is 18.7. The molecule has 0 aromatic heterocycles. The molecule has 0 aliphatic carbocycles. The number of hydrogen-bond acceptors (Lipinski definition) is 5. The van der Waals surface area contributed by atoms with E-state index < -0.39 is 10.8 Å². The molecule has 3 aromatic rings. The number of benzene rings is 3. The average Bonchev–Trinajstić information content (AvgIpc) is 2.66. The lowest BCUT2D eigenvalue weighted by Crippen LogP contribution is -2.19. The molecule has 7 nitrogen and oxygen atoms in total. The molecule has 0 unspecified atom stereocenters. The maximum Gasteiger partial charge on any atom is 0.275 e. The number of nitrogens with one attached hydrogen (secondary N) is 1. The van der Waals surface area contributed by atoms with Gasteiger partial charge in [0.05, 0.1) is 16.2 Å². The summed E-state index contributed by atoms with van der Waals surface area (Å²) in [4.78, 5) is 22.5. The van der Waals surface area contributed by atoms with E-state index in [-0.39, 0.29) is 17.0 Å². The monoisotopic (exact) mass is 349 g/mol. The first-order chi connectivity index (χ1) is 12.5. The third-order valence-electron chi connectivity index (χ3n) is 3.97. The fourth-order valence-electron chi connectivity index (χ4n) is 2.52. The molecule has 0 fully saturated rings. The normalized spacial score (nSPS) is 11.3. The summed E-state index contributed by atoms with van der Waals surface area (Å²) in [7, 11) is 0. The molecule has 0 radical (unpaired) electrons. The van der Waals surface area contributed by atoms with Crippen LogP contribution in [-0.4, -0.2) is 21.6 Å². The number of non-ortho nitro benzene ring substituents is 1. The van der Waals surface area contributed by atoms with Crippen LogP contribution in [0.2, 0.25) is 0 Å². The predicted molar refractivity (Wildman–Crippen MR) is 98.4 cm³/mol. The van der Waals surface area contributed by atoms with Crippen molar-refractivity contribution in [1.82, 2.24) is 5.43 Å². The van der Waals surface area contributed by atoms with Crippen molar-refractivity contribution in [2.24, 2.45) is 5.10 Å². The van der Waals surface area contributed by atoms with E-state index >= 15 is 0 Å². The van der Waals surface area contributed by atoms with Gasteiger partial charge in [-0.2, -0.15) is 5.10 Å². The van der Waals surface area contributed by atoms with E-state index in [1.807, 2.05) is 12.1 Å². The molecule has 0 atom stereocenters. The van der Waals surface area contributed by atoms with Gasteiger partial charge in [0, 0.05) is 17.5 Å². The highest BCUT2D eigenvalue weighted by Crippen LogP contribution is 2.28. The standard InChI is InChI=1S/C19H15N3O4/c1-12(13-6-9-15(10-7-13)22(25)26)20-21-19(24)17-11-8-14-4-2-3-5-16(14)18(17)23/h2-11,23H,1H3,(H,21,24)/b20-12-. The maximum absolute atomic E-state index is 12.3. The molecule has 0 saturated carbocycles. The molecule has 130 valence electrons. The summed E-state index contributed by atoms with van der Waals surface area (Å²) in [5.41, 5.74) is 3.61. The van der Waals surface area contributed by atoms with Crippen molar-refractivity contribution in [3.8, 4) is 5.75 Å². The van der Waals surface area contributed by atoms with Crippen LogP contribution in [0.25, 0.3) is 10.8 Å². The van der Waals surface area contributed by atoms with Crippen LogP contribution in [0.15, 0.2) is 65.8 Å². The van der Waals surface area contributed by atoms with Gasteiger partial charge in [-0.25, -0.2) is 5.43 Å². The predicted octanol–water partition coefficient (Wildman–Crippen LogP) is 3.61. The molecule has 7 heteroatoms. The third kappa shape index (κ3) is 3.36. The number of phenolic OH excluding ortho intramolecular Hbond substituents is 1. The van der Waals surface area contributed by atoms with Crippen molar-refractivity contribution in [2.75, 3.05) is 0 Å². The van der Waals surface area contributed by atoms with Crippen LogP contribution in [-0.2, 0) is 0 Å². The summed E-state index contributed by atoms with van der Waals surface area (Å²) < 4.78 is 0. The second kappa shape index (κ2) is 7.02. The Morgan fingerprint density at radius 3 is 2.46 bits per heavy atom. The van der Waals surface area contributed by atoms with Crippen LogP contribution in [0.3, 0.4) is 0 Å². The summed E-state index contributed by atoms with van der Waals surface area (Å²) >= 11 is 0. The van der Waals surface area contributed by atoms with Crippen molar-refractivity contribution in [3.05, 3.63) is 81.9 Å². The molecule has 0 aliphatic heterocycles. The number of hydrazone groups is 1. The Hall–Kier alpha value is -3.74. The van der Waals surface area contributed by atoms with E-state index in [1.165, 1.54) is 18.2 Å². The summed E-state index contributed by atoms with van der Waals surface area (Å²) in [6, 6.07) is 16.3. The van der Waals surface area contributed by atoms with Crippen LogP contribution in [0.5, 0.6) is 5.75 Å². The van der Waals surface area contributed by atoms with E-state index in [0.29, 0.717) is 16.7 Å². The lowest BCUT2D eigenvalue weighted by Gasteiger charge is -2.07. The van der Waals surface area contributed by atoms with Crippen molar-refractivity contribution in [3.63, 3.8) is 0 Å². The van der Waals surface area contributed by atoms with Crippen molar-refractivity contribution in [2.45, 2.75) is 6.92 Å². The van der Waals surface area contributed by atoms with Gasteiger partial charge in [-0.05, 0) is 36.1 Å². The molecule has 0 saturated heterocycles. The number of nitrogens with zero attached hydrogens (tertiary/aromatic N) is 2. The van der Waals surface area contributed by atoms with Gasteiger partial charge >= 0.3 is 0 Å². The molecule has 0 spiro atoms. The minimum atomic E-state index is -0.547. The van der Waals surface area contributed by atoms with E-state index in [2.05, 4.69) is 10.5 Å². The summed E-state index contributed by atoms with van der Waals surface area (Å²) in [6.45, 7) is 1.67. The number of carbonyl (C=O) groups is 1. The first-order valence-electron chi connectivity index (χ1n) is 7.77. The maximum atomic E-state index is 12.3. The molecule has 1 amide bonds. The first kappa shape index (κ1) is 17.1. The fourth-order valence-corrected chi connectivity index (χ4v) is 2.52. The third-order valence-corrected chi connectivity index (χ3v) is 3.97. The van der Waals surface area contributed by atoms with E-state index in [4.69, 9.17) is 0 Å². The highest BCUT2D eigenvalue weighted by atomic mass is 16.6. The van der Waals surface area contributed by atoms with Gasteiger partial charge in [-0.1, -0.05) is 30.3 Å². The van der Waals surface area contributed by atoms with Gasteiger partial charge in [0.15, 0.2) is 0 Å². The second-order valence-electron chi connectivity index (χ2n) is 5.62. The number of amides is 1. The second-order valence-corrected chi connectivity index (χ2v) is 5.62. The van der Waals surface area contributed by atoms with Crippen LogP contribution in [0, 0.1) is 10.1 Å². The number of nitro benzene ring substituents is 1. The minimum absolute atomic E-state index is 0.0216. The average molecular weight is 349 g/mol. The van der Waals surface area contributed by atoms with Crippen molar-refractivity contribution >= 4 is 28.1 Å². The molecule has 26 heavy (non-hydrogen) atoms. The molecular weight excluding hydrogens is 334 g/mol. The fraction of sp³-hybridized carbons (Fsp3) is 0.0526. The lowest BCUT2D eigenvalue weighted by molar-refractivity contribution is -0.384. The molecule has 3 rings (SSSR count). The molecule has 2 N–H and O–H groups in total. The number of nitro groups is 1. The Labute approximate surface area is 148 Å². The Kier molecular flexibility index (Phi) is 4.62. The quantitative estimate of drug-likeness (QED) is 0.426. The SMILES string of the molecule is C/C(=N/NC(=O)c1ccc2ccccc2c1O)c1ccc([N+](=O)[O-])cc1. The largest absolute Gasteiger partial charge is 0.506 e. The highest BCUT2D eigenvalue weighted by Gasteiger charge is 2.13. The Morgan fingerprint density at radius 2 is 1.77 bits per heavy atom. The number of aromatic hydroxyl groups is 1. The summed E-state index contributed by atoms with van der Waals surface area (Å²) in [5, 5.41) is 26.4. The van der Waals surface area contributed by atoms with E-state index in [1.54, 1.807) is 37.3 Å². The summed E-state index contributed by atoms with van der Waals surface area (Å²) in [5.74, 6) is -0.654. The van der Waals surface area contributed by atoms with Crippen LogP contribution < -0.4 is 5.43 Å². The van der Waals surface area contributed by atoms with Crippen LogP contribution in [0.4, 0.5) is 5.69 Å². The Bertz CT molecular complexity index is 1030. The Balaban J connectivity index is 1.80. The molecule has 0 heterocycles. The van der Waals surface area contributed by atoms with Crippen molar-refractivity contribution < 1.29 is 14.8 Å². The van der Waals surface area contributed by atoms with Crippen LogP contribution >= 0.6 is 0 Å². The number of phenols is 1. The van der Waals surface area contributed by atoms with Gasteiger partial charge < -0.3 is 5.11 Å². The van der Waals surface area contributed by atoms with Gasteiger partial charge in [0.25, 0.3) is 11.6 Å². The van der Waals surface area contributed by atoms with E-state index in [0.717, 1.165) is 5.39 Å². The lowest BCUT2D eigenvalue weighted by atomic mass is 10.1. The number of fused-ring (bicyclic) bond motifs is 1. The van der Waals surface area contributed by atoms with E-state index in [9.17, 15) is 20.0 Å². The smallest absolute Gasteiger partial charge is 0.275 e. The first-order valence-corrected chi connectivity index (χ1v) is 7.77. The van der Waals surface area contributed by atoms with Crippen LogP contribution in [0.1, 0.15) is 22.8 Å². The number of hydrogen-bond donors (Lipinski definition) is 2. The molecule has 3 aromatic carbocycles. The molecular formula is C19H15N3O4. The molecule has 0 aliphatic rings. The summed E-state index contributed by atoms with van der Waals surface area (Å²) in [6.07, 6.45) is 0. The topological polar surface area (TPSA) is 105 Å². The van der Waals surface area contributed by atoms with Gasteiger partial charge in [-0.3, -0.25) is 14.9 Å². The Morgan fingerprint density at radius 1 is 1.08 bits per heavy atom. The zero-order valence-corrected chi connectivity index (χ0v) is 13.8.